The third-order valence-corrected chi connectivity index (χ3v) is 3.99. The highest BCUT2D eigenvalue weighted by atomic mass is 35.5. The van der Waals surface area contributed by atoms with Gasteiger partial charge in [-0.2, -0.15) is 0 Å². The molecule has 1 aliphatic carbocycles. The van der Waals surface area contributed by atoms with E-state index in [9.17, 15) is 0 Å². The Labute approximate surface area is 101 Å². The molecule has 0 aliphatic heterocycles. The molecule has 4 nitrogen and oxygen atoms in total. The Morgan fingerprint density at radius 1 is 1.31 bits per heavy atom. The van der Waals surface area contributed by atoms with Gasteiger partial charge in [0.05, 0.1) is 11.4 Å². The summed E-state index contributed by atoms with van der Waals surface area (Å²) in [7, 11) is 0. The van der Waals surface area contributed by atoms with Crippen molar-refractivity contribution in [2.24, 2.45) is 11.8 Å². The van der Waals surface area contributed by atoms with Gasteiger partial charge in [0.2, 0.25) is 0 Å². The molecule has 0 spiro atoms. The summed E-state index contributed by atoms with van der Waals surface area (Å²) in [4.78, 5) is 0. The SMILES string of the molecule is CC(Cl)c1nnnn1C1CCC(C)C(C)C1. The van der Waals surface area contributed by atoms with Gasteiger partial charge in [0.25, 0.3) is 0 Å². The summed E-state index contributed by atoms with van der Waals surface area (Å²) in [6, 6.07) is 0.428. The van der Waals surface area contributed by atoms with Gasteiger partial charge in [-0.25, -0.2) is 4.68 Å². The number of nitrogens with zero attached hydrogens (tertiary/aromatic N) is 4. The summed E-state index contributed by atoms with van der Waals surface area (Å²) >= 11 is 6.07. The predicted octanol–water partition coefficient (Wildman–Crippen LogP) is 2.97. The molecule has 0 radical (unpaired) electrons. The van der Waals surface area contributed by atoms with E-state index in [2.05, 4.69) is 29.4 Å². The van der Waals surface area contributed by atoms with Crippen LogP contribution in [0.1, 0.15) is 57.3 Å². The molecule has 16 heavy (non-hydrogen) atoms. The summed E-state index contributed by atoms with van der Waals surface area (Å²) in [5.74, 6) is 2.35. The Morgan fingerprint density at radius 2 is 2.06 bits per heavy atom. The van der Waals surface area contributed by atoms with Gasteiger partial charge in [-0.15, -0.1) is 16.7 Å². The van der Waals surface area contributed by atoms with Crippen LogP contribution in [-0.4, -0.2) is 20.2 Å². The third kappa shape index (κ3) is 2.21. The van der Waals surface area contributed by atoms with E-state index in [1.165, 1.54) is 6.42 Å². The van der Waals surface area contributed by atoms with Crippen LogP contribution in [0.3, 0.4) is 0 Å². The van der Waals surface area contributed by atoms with Crippen LogP contribution in [0.2, 0.25) is 0 Å². The molecule has 0 aromatic carbocycles. The highest BCUT2D eigenvalue weighted by molar-refractivity contribution is 6.20. The van der Waals surface area contributed by atoms with Crippen LogP contribution in [0.5, 0.6) is 0 Å². The van der Waals surface area contributed by atoms with Crippen molar-refractivity contribution in [3.63, 3.8) is 0 Å². The molecule has 0 N–H and O–H groups in total. The van der Waals surface area contributed by atoms with Gasteiger partial charge in [0.15, 0.2) is 5.82 Å². The maximum atomic E-state index is 6.07. The van der Waals surface area contributed by atoms with Gasteiger partial charge in [0, 0.05) is 0 Å². The number of tetrazole rings is 1. The Balaban J connectivity index is 2.15. The summed E-state index contributed by atoms with van der Waals surface area (Å²) < 4.78 is 1.93. The average Bonchev–Trinajstić information content (AvgIpc) is 2.71. The monoisotopic (exact) mass is 242 g/mol. The maximum absolute atomic E-state index is 6.07. The number of hydrogen-bond acceptors (Lipinski definition) is 3. The topological polar surface area (TPSA) is 43.6 Å². The normalized spacial score (nSPS) is 32.6. The zero-order chi connectivity index (χ0) is 11.7. The second-order valence-electron chi connectivity index (χ2n) is 5.02. The van der Waals surface area contributed by atoms with Crippen molar-refractivity contribution < 1.29 is 0 Å². The van der Waals surface area contributed by atoms with Crippen LogP contribution in [0.15, 0.2) is 0 Å². The van der Waals surface area contributed by atoms with E-state index in [1.54, 1.807) is 0 Å². The Hall–Kier alpha value is -0.640. The van der Waals surface area contributed by atoms with E-state index in [-0.39, 0.29) is 5.38 Å². The van der Waals surface area contributed by atoms with Gasteiger partial charge in [-0.3, -0.25) is 0 Å². The summed E-state index contributed by atoms with van der Waals surface area (Å²) in [6.45, 7) is 6.55. The Bertz CT molecular complexity index is 350. The fourth-order valence-corrected chi connectivity index (χ4v) is 2.61. The molecule has 0 saturated heterocycles. The van der Waals surface area contributed by atoms with Crippen LogP contribution in [0.25, 0.3) is 0 Å². The predicted molar refractivity (Wildman–Crippen MR) is 63.3 cm³/mol. The zero-order valence-corrected chi connectivity index (χ0v) is 10.9. The van der Waals surface area contributed by atoms with E-state index < -0.39 is 0 Å². The second-order valence-corrected chi connectivity index (χ2v) is 5.67. The molecular formula is C11H19ClN4. The Morgan fingerprint density at radius 3 is 2.69 bits per heavy atom. The molecule has 5 heteroatoms. The van der Waals surface area contributed by atoms with Crippen molar-refractivity contribution >= 4 is 11.6 Å². The quantitative estimate of drug-likeness (QED) is 0.749. The van der Waals surface area contributed by atoms with E-state index in [1.807, 2.05) is 11.6 Å². The van der Waals surface area contributed by atoms with Gasteiger partial charge in [-0.1, -0.05) is 13.8 Å². The second kappa shape index (κ2) is 4.70. The number of halogens is 1. The molecule has 1 heterocycles. The molecule has 4 atom stereocenters. The molecule has 1 aromatic heterocycles. The van der Waals surface area contributed by atoms with Gasteiger partial charge in [-0.05, 0) is 48.4 Å². The average molecular weight is 243 g/mol. The van der Waals surface area contributed by atoms with Crippen LogP contribution >= 0.6 is 11.6 Å². The molecule has 1 aromatic rings. The number of rotatable bonds is 2. The molecule has 1 saturated carbocycles. The summed E-state index contributed by atoms with van der Waals surface area (Å²) in [5.41, 5.74) is 0. The van der Waals surface area contributed by atoms with Crippen molar-refractivity contribution in [1.29, 1.82) is 0 Å². The molecule has 0 bridgehead atoms. The van der Waals surface area contributed by atoms with E-state index in [4.69, 9.17) is 11.6 Å². The molecule has 2 rings (SSSR count). The molecule has 90 valence electrons. The fraction of sp³-hybridized carbons (Fsp3) is 0.909. The first-order chi connectivity index (χ1) is 7.59. The first-order valence-electron chi connectivity index (χ1n) is 6.01. The van der Waals surface area contributed by atoms with Gasteiger partial charge < -0.3 is 0 Å². The van der Waals surface area contributed by atoms with Crippen molar-refractivity contribution in [3.05, 3.63) is 5.82 Å². The lowest BCUT2D eigenvalue weighted by Gasteiger charge is -2.32. The zero-order valence-electron chi connectivity index (χ0n) is 10.1. The van der Waals surface area contributed by atoms with Gasteiger partial charge in [0.1, 0.15) is 0 Å². The molecular weight excluding hydrogens is 224 g/mol. The van der Waals surface area contributed by atoms with E-state index in [0.29, 0.717) is 6.04 Å². The molecule has 1 fully saturated rings. The lowest BCUT2D eigenvalue weighted by molar-refractivity contribution is 0.196. The summed E-state index contributed by atoms with van der Waals surface area (Å²) in [6.07, 6.45) is 3.57. The first-order valence-corrected chi connectivity index (χ1v) is 6.45. The van der Waals surface area contributed by atoms with Crippen molar-refractivity contribution in [2.45, 2.75) is 51.5 Å². The van der Waals surface area contributed by atoms with Crippen molar-refractivity contribution in [3.8, 4) is 0 Å². The first kappa shape index (κ1) is 11.8. The van der Waals surface area contributed by atoms with Crippen LogP contribution < -0.4 is 0 Å². The smallest absolute Gasteiger partial charge is 0.169 e. The van der Waals surface area contributed by atoms with Crippen molar-refractivity contribution in [2.75, 3.05) is 0 Å². The highest BCUT2D eigenvalue weighted by Gasteiger charge is 2.28. The lowest BCUT2D eigenvalue weighted by atomic mass is 9.79. The minimum Gasteiger partial charge on any atom is -0.225 e. The van der Waals surface area contributed by atoms with Crippen LogP contribution in [-0.2, 0) is 0 Å². The number of aromatic nitrogens is 4. The molecule has 0 amide bonds. The van der Waals surface area contributed by atoms with Crippen molar-refractivity contribution in [1.82, 2.24) is 20.2 Å². The summed E-state index contributed by atoms with van der Waals surface area (Å²) in [5, 5.41) is 11.7. The largest absolute Gasteiger partial charge is 0.225 e. The maximum Gasteiger partial charge on any atom is 0.169 e. The Kier molecular flexibility index (Phi) is 3.47. The fourth-order valence-electron chi connectivity index (χ4n) is 2.46. The van der Waals surface area contributed by atoms with E-state index in [0.717, 1.165) is 30.5 Å². The van der Waals surface area contributed by atoms with E-state index >= 15 is 0 Å². The van der Waals surface area contributed by atoms with Crippen LogP contribution in [0.4, 0.5) is 0 Å². The third-order valence-electron chi connectivity index (χ3n) is 3.79. The molecule has 1 aliphatic rings. The standard InChI is InChI=1S/C11H19ClN4/c1-7-4-5-10(6-8(7)2)16-11(9(3)12)13-14-15-16/h7-10H,4-6H2,1-3H3. The minimum absolute atomic E-state index is 0.121. The molecule has 4 unspecified atom stereocenters. The number of hydrogen-bond donors (Lipinski definition) is 0. The minimum atomic E-state index is -0.121. The highest BCUT2D eigenvalue weighted by Crippen LogP contribution is 2.36. The van der Waals surface area contributed by atoms with Gasteiger partial charge >= 0.3 is 0 Å². The number of alkyl halides is 1. The lowest BCUT2D eigenvalue weighted by Crippen LogP contribution is -2.25. The van der Waals surface area contributed by atoms with Crippen LogP contribution in [0, 0.1) is 11.8 Å².